The molecule has 1 unspecified atom stereocenters. The van der Waals surface area contributed by atoms with Gasteiger partial charge in [0.1, 0.15) is 5.82 Å². The summed E-state index contributed by atoms with van der Waals surface area (Å²) in [5, 5.41) is 22.6. The SMILES string of the molecule is Cc1cc(C(=N)c2cc(-c3ccc(N4CCN(CCn5cc(C6CCC(=O)NC6=O)cn5)CC4)cc3)cnc2N)ccc1CNC(=O)c1noc(C(C)(C)C)n1. The van der Waals surface area contributed by atoms with Crippen LogP contribution < -0.4 is 21.3 Å². The first-order valence-electron chi connectivity index (χ1n) is 18.8. The van der Waals surface area contributed by atoms with E-state index in [1.54, 1.807) is 12.4 Å². The predicted molar refractivity (Wildman–Crippen MR) is 211 cm³/mol. The van der Waals surface area contributed by atoms with Crippen molar-refractivity contribution in [2.45, 2.75) is 65.0 Å². The maximum Gasteiger partial charge on any atom is 0.292 e. The summed E-state index contributed by atoms with van der Waals surface area (Å²) in [6, 6.07) is 16.0. The number of nitrogens with zero attached hydrogens (tertiary/aromatic N) is 7. The lowest BCUT2D eigenvalue weighted by Crippen LogP contribution is -2.47. The fourth-order valence-corrected chi connectivity index (χ4v) is 6.95. The molecular weight excluding hydrogens is 711 g/mol. The Morgan fingerprint density at radius 2 is 1.79 bits per heavy atom. The highest BCUT2D eigenvalue weighted by molar-refractivity contribution is 6.14. The van der Waals surface area contributed by atoms with Crippen molar-refractivity contribution >= 4 is 34.9 Å². The number of aromatic nitrogens is 5. The smallest absolute Gasteiger partial charge is 0.292 e. The highest BCUT2D eigenvalue weighted by atomic mass is 16.5. The molecule has 0 bridgehead atoms. The standard InChI is InChI=1S/C41H47N11O4/c1-25-19-27(5-6-28(25)21-45-39(55)37-48-40(56-49-37)41(2,3)4)35(42)33-20-29(22-44-36(33)43)26-7-9-31(10-8-26)51-16-13-50(14-17-51)15-18-52-24-30(23-46-52)32-11-12-34(53)47-38(32)54/h5-10,19-20,22-24,32,42H,11-18,21H2,1-4H3,(H2,43,44)(H,45,55)(H,47,53,54). The van der Waals surface area contributed by atoms with Crippen LogP contribution in [0.4, 0.5) is 11.5 Å². The van der Waals surface area contributed by atoms with E-state index < -0.39 is 5.91 Å². The van der Waals surface area contributed by atoms with Crippen LogP contribution in [0.2, 0.25) is 0 Å². The van der Waals surface area contributed by atoms with Crippen molar-refractivity contribution in [1.82, 2.24) is 40.4 Å². The fourth-order valence-electron chi connectivity index (χ4n) is 6.95. The molecule has 0 spiro atoms. The summed E-state index contributed by atoms with van der Waals surface area (Å²) in [5.74, 6) is -0.532. The number of piperidine rings is 1. The Bertz CT molecular complexity index is 2260. The minimum atomic E-state index is -0.421. The van der Waals surface area contributed by atoms with Crippen LogP contribution in [0.3, 0.4) is 0 Å². The second-order valence-corrected chi connectivity index (χ2v) is 15.4. The number of nitrogens with one attached hydrogen (secondary N) is 3. The van der Waals surface area contributed by atoms with Gasteiger partial charge in [0.25, 0.3) is 11.7 Å². The molecule has 5 N–H and O–H groups in total. The van der Waals surface area contributed by atoms with Gasteiger partial charge >= 0.3 is 0 Å². The average Bonchev–Trinajstić information content (AvgIpc) is 3.88. The van der Waals surface area contributed by atoms with E-state index in [-0.39, 0.29) is 47.0 Å². The lowest BCUT2D eigenvalue weighted by Gasteiger charge is -2.36. The molecule has 2 aliphatic rings. The van der Waals surface area contributed by atoms with E-state index in [0.29, 0.717) is 29.9 Å². The molecule has 15 nitrogen and oxygen atoms in total. The molecule has 7 rings (SSSR count). The van der Waals surface area contributed by atoms with Gasteiger partial charge in [-0.1, -0.05) is 50.2 Å². The summed E-state index contributed by atoms with van der Waals surface area (Å²) in [4.78, 5) is 49.9. The molecule has 2 aromatic carbocycles. The first kappa shape index (κ1) is 38.1. The number of carbonyl (C=O) groups excluding carboxylic acids is 3. The minimum absolute atomic E-state index is 0.00821. The third-order valence-corrected chi connectivity index (χ3v) is 10.4. The Balaban J connectivity index is 0.919. The Morgan fingerprint density at radius 3 is 2.48 bits per heavy atom. The summed E-state index contributed by atoms with van der Waals surface area (Å²) in [7, 11) is 0. The number of hydrogen-bond donors (Lipinski definition) is 4. The Labute approximate surface area is 325 Å². The number of amides is 3. The average molecular weight is 758 g/mol. The number of anilines is 2. The Kier molecular flexibility index (Phi) is 10.8. The van der Waals surface area contributed by atoms with Crippen LogP contribution in [0.15, 0.2) is 71.6 Å². The van der Waals surface area contributed by atoms with Crippen molar-refractivity contribution in [3.05, 3.63) is 107 Å². The summed E-state index contributed by atoms with van der Waals surface area (Å²) in [5.41, 5.74) is 13.1. The Hall–Kier alpha value is -6.22. The highest BCUT2D eigenvalue weighted by Crippen LogP contribution is 2.28. The second-order valence-electron chi connectivity index (χ2n) is 15.4. The van der Waals surface area contributed by atoms with E-state index >= 15 is 0 Å². The number of benzene rings is 2. The largest absolute Gasteiger partial charge is 0.383 e. The number of nitrogen functional groups attached to an aromatic ring is 1. The van der Waals surface area contributed by atoms with Gasteiger partial charge < -0.3 is 20.5 Å². The van der Waals surface area contributed by atoms with Crippen LogP contribution in [0.1, 0.15) is 83.9 Å². The topological polar surface area (TPSA) is 201 Å². The molecule has 0 aliphatic carbocycles. The molecule has 2 fully saturated rings. The zero-order valence-corrected chi connectivity index (χ0v) is 32.1. The summed E-state index contributed by atoms with van der Waals surface area (Å²) >= 11 is 0. The molecule has 2 aliphatic heterocycles. The van der Waals surface area contributed by atoms with Gasteiger partial charge in [-0.2, -0.15) is 10.1 Å². The number of pyridine rings is 1. The van der Waals surface area contributed by atoms with Gasteiger partial charge in [0, 0.05) is 91.4 Å². The maximum absolute atomic E-state index is 12.7. The van der Waals surface area contributed by atoms with E-state index in [0.717, 1.165) is 72.8 Å². The first-order chi connectivity index (χ1) is 26.8. The molecule has 5 heterocycles. The van der Waals surface area contributed by atoms with E-state index in [2.05, 4.69) is 64.9 Å². The van der Waals surface area contributed by atoms with E-state index in [9.17, 15) is 14.4 Å². The van der Waals surface area contributed by atoms with Gasteiger partial charge in [0.2, 0.25) is 17.7 Å². The molecule has 15 heteroatoms. The van der Waals surface area contributed by atoms with Crippen LogP contribution in [0.5, 0.6) is 0 Å². The third-order valence-electron chi connectivity index (χ3n) is 10.4. The van der Waals surface area contributed by atoms with Crippen molar-refractivity contribution in [2.75, 3.05) is 43.4 Å². The van der Waals surface area contributed by atoms with E-state index in [4.69, 9.17) is 15.7 Å². The predicted octanol–water partition coefficient (Wildman–Crippen LogP) is 4.20. The summed E-state index contributed by atoms with van der Waals surface area (Å²) in [6.07, 6.45) is 6.27. The van der Waals surface area contributed by atoms with Crippen molar-refractivity contribution < 1.29 is 18.9 Å². The number of piperazine rings is 1. The van der Waals surface area contributed by atoms with Gasteiger partial charge in [-0.25, -0.2) is 4.98 Å². The van der Waals surface area contributed by atoms with Gasteiger partial charge in [-0.15, -0.1) is 0 Å². The molecule has 3 amide bonds. The first-order valence-corrected chi connectivity index (χ1v) is 18.8. The number of hydrogen-bond acceptors (Lipinski definition) is 12. The van der Waals surface area contributed by atoms with Crippen molar-refractivity contribution in [3.8, 4) is 11.1 Å². The van der Waals surface area contributed by atoms with Gasteiger partial charge in [-0.3, -0.25) is 34.7 Å². The maximum atomic E-state index is 12.7. The number of imide groups is 1. The van der Waals surface area contributed by atoms with Crippen molar-refractivity contribution in [3.63, 3.8) is 0 Å². The third kappa shape index (κ3) is 8.52. The van der Waals surface area contributed by atoms with E-state index in [1.165, 1.54) is 0 Å². The van der Waals surface area contributed by atoms with Gasteiger partial charge in [-0.05, 0) is 54.3 Å². The van der Waals surface area contributed by atoms with Crippen LogP contribution in [-0.4, -0.2) is 86.0 Å². The second kappa shape index (κ2) is 15.9. The summed E-state index contributed by atoms with van der Waals surface area (Å²) in [6.45, 7) is 13.2. The molecule has 290 valence electrons. The fraction of sp³-hybridized carbons (Fsp3) is 0.366. The lowest BCUT2D eigenvalue weighted by atomic mass is 9.93. The molecule has 0 saturated carbocycles. The molecule has 56 heavy (non-hydrogen) atoms. The number of carbonyl (C=O) groups is 3. The van der Waals surface area contributed by atoms with Crippen LogP contribution in [0.25, 0.3) is 11.1 Å². The Morgan fingerprint density at radius 1 is 1.02 bits per heavy atom. The molecule has 2 saturated heterocycles. The minimum Gasteiger partial charge on any atom is -0.383 e. The van der Waals surface area contributed by atoms with Gasteiger partial charge in [0.05, 0.1) is 24.4 Å². The molecular formula is C41H47N11O4. The number of nitrogens with two attached hydrogens (primary N) is 1. The molecule has 1 atom stereocenters. The number of rotatable bonds is 11. The van der Waals surface area contributed by atoms with Gasteiger partial charge in [0.15, 0.2) is 0 Å². The number of aryl methyl sites for hydroxylation is 1. The van der Waals surface area contributed by atoms with Crippen LogP contribution >= 0.6 is 0 Å². The zero-order chi connectivity index (χ0) is 39.6. The lowest BCUT2D eigenvalue weighted by molar-refractivity contribution is -0.134. The van der Waals surface area contributed by atoms with E-state index in [1.807, 2.05) is 62.8 Å². The normalized spacial score (nSPS) is 16.5. The molecule has 0 radical (unpaired) electrons. The monoisotopic (exact) mass is 757 g/mol. The zero-order valence-electron chi connectivity index (χ0n) is 32.1. The van der Waals surface area contributed by atoms with Crippen LogP contribution in [-0.2, 0) is 28.1 Å². The summed E-state index contributed by atoms with van der Waals surface area (Å²) < 4.78 is 7.13. The molecule has 3 aromatic heterocycles. The van der Waals surface area contributed by atoms with Crippen molar-refractivity contribution in [1.29, 1.82) is 5.41 Å². The quantitative estimate of drug-likeness (QED) is 0.111. The van der Waals surface area contributed by atoms with Crippen LogP contribution in [0, 0.1) is 12.3 Å². The molecule has 5 aromatic rings. The highest BCUT2D eigenvalue weighted by Gasteiger charge is 2.29. The van der Waals surface area contributed by atoms with Crippen molar-refractivity contribution in [2.24, 2.45) is 0 Å².